The lowest BCUT2D eigenvalue weighted by atomic mass is 9.74. The van der Waals surface area contributed by atoms with E-state index < -0.39 is 0 Å². The lowest BCUT2D eigenvalue weighted by molar-refractivity contribution is -0.126. The van der Waals surface area contributed by atoms with Crippen LogP contribution in [0.1, 0.15) is 71.1 Å². The molecular formula is C16H30O2. The minimum absolute atomic E-state index is 0.343. The molecule has 0 spiro atoms. The molecule has 2 unspecified atom stereocenters. The highest BCUT2D eigenvalue weighted by Crippen LogP contribution is 2.34. The molecule has 0 aliphatic heterocycles. The van der Waals surface area contributed by atoms with Crippen LogP contribution in [0.2, 0.25) is 0 Å². The molecule has 0 radical (unpaired) electrons. The first-order valence-corrected chi connectivity index (χ1v) is 7.81. The summed E-state index contributed by atoms with van der Waals surface area (Å²) >= 11 is 0. The first kappa shape index (κ1) is 15.7. The summed E-state index contributed by atoms with van der Waals surface area (Å²) in [6, 6.07) is 0. The van der Waals surface area contributed by atoms with E-state index in [4.69, 9.17) is 4.74 Å². The highest BCUT2D eigenvalue weighted by Gasteiger charge is 2.29. The number of Topliss-reactive ketones (excluding diaryl/α,β-unsaturated/α-hetero) is 1. The molecule has 106 valence electrons. The van der Waals surface area contributed by atoms with Crippen molar-refractivity contribution in [2.24, 2.45) is 11.8 Å². The molecule has 1 rings (SSSR count). The Labute approximate surface area is 112 Å². The van der Waals surface area contributed by atoms with Crippen LogP contribution in [0.3, 0.4) is 0 Å². The third-order valence-corrected chi connectivity index (χ3v) is 4.29. The van der Waals surface area contributed by atoms with Crippen molar-refractivity contribution in [3.8, 4) is 0 Å². The van der Waals surface area contributed by atoms with E-state index in [1.807, 2.05) is 0 Å². The Morgan fingerprint density at radius 1 is 1.17 bits per heavy atom. The van der Waals surface area contributed by atoms with Gasteiger partial charge in [0, 0.05) is 26.1 Å². The molecule has 0 amide bonds. The molecule has 0 aromatic heterocycles. The molecule has 1 saturated carbocycles. The standard InChI is InChI=1S/C16H30O2/c1-3-4-5-6-11-16(17)15-10-8-7-9-14(15)12-13-18-2/h14-15H,3-13H2,1-2H3. The topological polar surface area (TPSA) is 26.3 Å². The Balaban J connectivity index is 2.32. The van der Waals surface area contributed by atoms with Gasteiger partial charge in [0.1, 0.15) is 5.78 Å². The quantitative estimate of drug-likeness (QED) is 0.571. The molecule has 1 fully saturated rings. The summed E-state index contributed by atoms with van der Waals surface area (Å²) in [6.07, 6.45) is 11.6. The van der Waals surface area contributed by atoms with Gasteiger partial charge in [-0.2, -0.15) is 0 Å². The third-order valence-electron chi connectivity index (χ3n) is 4.29. The molecule has 2 atom stereocenters. The number of hydrogen-bond acceptors (Lipinski definition) is 2. The summed E-state index contributed by atoms with van der Waals surface area (Å²) in [5, 5.41) is 0. The highest BCUT2D eigenvalue weighted by atomic mass is 16.5. The van der Waals surface area contributed by atoms with Crippen molar-refractivity contribution in [3.05, 3.63) is 0 Å². The molecule has 1 aliphatic carbocycles. The molecule has 0 N–H and O–H groups in total. The fourth-order valence-corrected chi connectivity index (χ4v) is 3.16. The molecule has 0 heterocycles. The lowest BCUT2D eigenvalue weighted by Crippen LogP contribution is -2.28. The molecule has 0 saturated heterocycles. The van der Waals surface area contributed by atoms with Crippen LogP contribution in [-0.2, 0) is 9.53 Å². The van der Waals surface area contributed by atoms with Crippen molar-refractivity contribution in [1.82, 2.24) is 0 Å². The average molecular weight is 254 g/mol. The van der Waals surface area contributed by atoms with Gasteiger partial charge < -0.3 is 4.74 Å². The molecule has 0 bridgehead atoms. The van der Waals surface area contributed by atoms with Crippen LogP contribution in [-0.4, -0.2) is 19.5 Å². The zero-order valence-electron chi connectivity index (χ0n) is 12.2. The minimum Gasteiger partial charge on any atom is -0.385 e. The summed E-state index contributed by atoms with van der Waals surface area (Å²) in [4.78, 5) is 12.3. The van der Waals surface area contributed by atoms with E-state index in [0.29, 0.717) is 17.6 Å². The first-order valence-electron chi connectivity index (χ1n) is 7.81. The predicted octanol–water partition coefficient (Wildman–Crippen LogP) is 4.37. The van der Waals surface area contributed by atoms with Crippen LogP contribution in [0.15, 0.2) is 0 Å². The zero-order valence-corrected chi connectivity index (χ0v) is 12.2. The van der Waals surface area contributed by atoms with E-state index in [9.17, 15) is 4.79 Å². The Kier molecular flexibility index (Phi) is 8.32. The molecular weight excluding hydrogens is 224 g/mol. The van der Waals surface area contributed by atoms with E-state index in [1.165, 1.54) is 38.5 Å². The van der Waals surface area contributed by atoms with E-state index in [0.717, 1.165) is 32.3 Å². The van der Waals surface area contributed by atoms with Crippen LogP contribution < -0.4 is 0 Å². The van der Waals surface area contributed by atoms with E-state index in [2.05, 4.69) is 6.92 Å². The van der Waals surface area contributed by atoms with Gasteiger partial charge in [-0.05, 0) is 31.6 Å². The maximum Gasteiger partial charge on any atom is 0.136 e. The van der Waals surface area contributed by atoms with Gasteiger partial charge in [-0.1, -0.05) is 39.0 Å². The van der Waals surface area contributed by atoms with E-state index >= 15 is 0 Å². The van der Waals surface area contributed by atoms with Gasteiger partial charge in [-0.25, -0.2) is 0 Å². The maximum atomic E-state index is 12.3. The van der Waals surface area contributed by atoms with Crippen LogP contribution in [0, 0.1) is 11.8 Å². The van der Waals surface area contributed by atoms with Crippen LogP contribution in [0.5, 0.6) is 0 Å². The number of carbonyl (C=O) groups excluding carboxylic acids is 1. The van der Waals surface area contributed by atoms with Crippen LogP contribution >= 0.6 is 0 Å². The molecule has 0 aromatic rings. The van der Waals surface area contributed by atoms with Crippen molar-refractivity contribution in [2.45, 2.75) is 71.1 Å². The number of carbonyl (C=O) groups is 1. The fourth-order valence-electron chi connectivity index (χ4n) is 3.16. The maximum absolute atomic E-state index is 12.3. The Morgan fingerprint density at radius 2 is 1.94 bits per heavy atom. The van der Waals surface area contributed by atoms with Crippen LogP contribution in [0.4, 0.5) is 0 Å². The van der Waals surface area contributed by atoms with Gasteiger partial charge in [0.25, 0.3) is 0 Å². The van der Waals surface area contributed by atoms with E-state index in [1.54, 1.807) is 7.11 Å². The second-order valence-corrected chi connectivity index (χ2v) is 5.71. The summed E-state index contributed by atoms with van der Waals surface area (Å²) in [7, 11) is 1.75. The second-order valence-electron chi connectivity index (χ2n) is 5.71. The Bertz CT molecular complexity index is 225. The summed E-state index contributed by atoms with van der Waals surface area (Å²) < 4.78 is 5.17. The minimum atomic E-state index is 0.343. The molecule has 1 aliphatic rings. The van der Waals surface area contributed by atoms with Gasteiger partial charge in [-0.15, -0.1) is 0 Å². The molecule has 18 heavy (non-hydrogen) atoms. The number of hydrogen-bond donors (Lipinski definition) is 0. The number of ketones is 1. The van der Waals surface area contributed by atoms with Crippen molar-refractivity contribution in [1.29, 1.82) is 0 Å². The first-order chi connectivity index (χ1) is 8.79. The number of unbranched alkanes of at least 4 members (excludes halogenated alkanes) is 3. The Morgan fingerprint density at radius 3 is 2.67 bits per heavy atom. The number of methoxy groups -OCH3 is 1. The van der Waals surface area contributed by atoms with Crippen molar-refractivity contribution >= 4 is 5.78 Å². The fraction of sp³-hybridized carbons (Fsp3) is 0.938. The van der Waals surface area contributed by atoms with Crippen molar-refractivity contribution in [2.75, 3.05) is 13.7 Å². The summed E-state index contributed by atoms with van der Waals surface area (Å²) in [5.74, 6) is 1.47. The summed E-state index contributed by atoms with van der Waals surface area (Å²) in [5.41, 5.74) is 0. The van der Waals surface area contributed by atoms with Crippen molar-refractivity contribution in [3.63, 3.8) is 0 Å². The van der Waals surface area contributed by atoms with Gasteiger partial charge in [0.2, 0.25) is 0 Å². The molecule has 2 heteroatoms. The van der Waals surface area contributed by atoms with Gasteiger partial charge in [-0.3, -0.25) is 4.79 Å². The molecule has 2 nitrogen and oxygen atoms in total. The van der Waals surface area contributed by atoms with Gasteiger partial charge in [0.05, 0.1) is 0 Å². The van der Waals surface area contributed by atoms with Crippen LogP contribution in [0.25, 0.3) is 0 Å². The normalized spacial score (nSPS) is 24.1. The van der Waals surface area contributed by atoms with Gasteiger partial charge >= 0.3 is 0 Å². The monoisotopic (exact) mass is 254 g/mol. The predicted molar refractivity (Wildman–Crippen MR) is 75.7 cm³/mol. The second kappa shape index (κ2) is 9.55. The van der Waals surface area contributed by atoms with Gasteiger partial charge in [0.15, 0.2) is 0 Å². The molecule has 0 aromatic carbocycles. The highest BCUT2D eigenvalue weighted by molar-refractivity contribution is 5.81. The van der Waals surface area contributed by atoms with Crippen molar-refractivity contribution < 1.29 is 9.53 Å². The zero-order chi connectivity index (χ0) is 13.2. The third kappa shape index (κ3) is 5.51. The Hall–Kier alpha value is -0.370. The lowest BCUT2D eigenvalue weighted by Gasteiger charge is -2.30. The number of rotatable bonds is 9. The average Bonchev–Trinajstić information content (AvgIpc) is 2.41. The largest absolute Gasteiger partial charge is 0.385 e. The number of ether oxygens (including phenoxy) is 1. The smallest absolute Gasteiger partial charge is 0.136 e. The van der Waals surface area contributed by atoms with E-state index in [-0.39, 0.29) is 0 Å². The SMILES string of the molecule is CCCCCCC(=O)C1CCCCC1CCOC. The summed E-state index contributed by atoms with van der Waals surface area (Å²) in [6.45, 7) is 3.02.